The summed E-state index contributed by atoms with van der Waals surface area (Å²) in [5, 5.41) is 2.28. The molecule has 0 aromatic rings. The summed E-state index contributed by atoms with van der Waals surface area (Å²) in [4.78, 5) is 0. The fraction of sp³-hybridized carbons (Fsp3) is 0. The van der Waals surface area contributed by atoms with Gasteiger partial charge in [0, 0.05) is 0 Å². The van der Waals surface area contributed by atoms with Gasteiger partial charge in [0.15, 0.2) is 0 Å². The molecular weight excluding hydrogens is 68.1 g/mol. The van der Waals surface area contributed by atoms with E-state index in [-0.39, 0.29) is 0 Å². The average molecular weight is 71.1 g/mol. The third-order valence-corrected chi connectivity index (χ3v) is 0.250. The summed E-state index contributed by atoms with van der Waals surface area (Å²) >= 11 is 4.19. The van der Waals surface area contributed by atoms with E-state index in [1.165, 1.54) is 6.08 Å². The predicted molar refractivity (Wildman–Crippen MR) is 22.5 cm³/mol. The number of hydrogen-bond donors (Lipinski definition) is 0. The first-order valence-corrected chi connectivity index (χ1v) is 1.31. The Labute approximate surface area is 31.1 Å². The van der Waals surface area contributed by atoms with E-state index < -0.39 is 0 Å². The van der Waals surface area contributed by atoms with Crippen LogP contribution in [0.1, 0.15) is 0 Å². The number of rotatable bonds is 0. The largest absolute Gasteiger partial charge is 0.0504 e. The Morgan fingerprint density at radius 3 is 2.25 bits per heavy atom. The Balaban J connectivity index is 3.11. The Morgan fingerprint density at radius 1 is 2.00 bits per heavy atom. The quantitative estimate of drug-likeness (QED) is 0.383. The summed E-state index contributed by atoms with van der Waals surface area (Å²) in [5.74, 6) is 0. The Hall–Kier alpha value is -0.130. The van der Waals surface area contributed by atoms with Crippen molar-refractivity contribution in [3.63, 3.8) is 0 Å². The van der Waals surface area contributed by atoms with E-state index >= 15 is 0 Å². The lowest BCUT2D eigenvalue weighted by molar-refractivity contribution is 2.28. The van der Waals surface area contributed by atoms with Crippen LogP contribution in [0.2, 0.25) is 0 Å². The molecule has 0 saturated carbocycles. The molecule has 0 atom stereocenters. The smallest absolute Gasteiger partial charge is 0.0225 e. The normalized spacial score (nSPS) is 4.25. The van der Waals surface area contributed by atoms with E-state index in [1.807, 2.05) is 0 Å². The molecule has 0 heterocycles. The van der Waals surface area contributed by atoms with Crippen LogP contribution in [0, 0.1) is 6.92 Å². The van der Waals surface area contributed by atoms with Crippen LogP contribution in [0.5, 0.6) is 0 Å². The van der Waals surface area contributed by atoms with E-state index in [4.69, 9.17) is 0 Å². The SMILES string of the molecule is [CH2]C=C=S. The minimum atomic E-state index is 1.44. The fourth-order valence-electron chi connectivity index (χ4n) is 0. The standard InChI is InChI=1S/C3H3S/c1-2-3-4/h2H,1H2. The van der Waals surface area contributed by atoms with Crippen LogP contribution in [0.4, 0.5) is 0 Å². The van der Waals surface area contributed by atoms with Gasteiger partial charge in [-0.05, 0) is 25.2 Å². The van der Waals surface area contributed by atoms with E-state index in [2.05, 4.69) is 24.2 Å². The van der Waals surface area contributed by atoms with E-state index in [9.17, 15) is 0 Å². The molecule has 0 rings (SSSR count). The van der Waals surface area contributed by atoms with Gasteiger partial charge in [-0.2, -0.15) is 0 Å². The summed E-state index contributed by atoms with van der Waals surface area (Å²) in [5.41, 5.74) is 0. The highest BCUT2D eigenvalue weighted by Crippen LogP contribution is 1.40. The zero-order valence-corrected chi connectivity index (χ0v) is 3.01. The van der Waals surface area contributed by atoms with E-state index in [0.29, 0.717) is 0 Å². The number of thiocarbonyl (C=S) groups is 1. The highest BCUT2D eigenvalue weighted by molar-refractivity contribution is 7.78. The molecule has 1 radical (unpaired) electrons. The average Bonchev–Trinajstić information content (AvgIpc) is 1.37. The summed E-state index contributed by atoms with van der Waals surface area (Å²) in [6.45, 7) is 3.26. The monoisotopic (exact) mass is 71.0 g/mol. The van der Waals surface area contributed by atoms with Crippen molar-refractivity contribution in [2.75, 3.05) is 0 Å². The molecular formula is C3H3S. The minimum absolute atomic E-state index is 1.44. The van der Waals surface area contributed by atoms with Gasteiger partial charge in [-0.25, -0.2) is 0 Å². The van der Waals surface area contributed by atoms with Crippen molar-refractivity contribution in [2.45, 2.75) is 0 Å². The van der Waals surface area contributed by atoms with Crippen molar-refractivity contribution < 1.29 is 0 Å². The zero-order valence-electron chi connectivity index (χ0n) is 2.19. The van der Waals surface area contributed by atoms with Gasteiger partial charge in [-0.1, -0.05) is 5.02 Å². The van der Waals surface area contributed by atoms with Gasteiger partial charge in [-0.3, -0.25) is 0 Å². The molecule has 1 heteroatoms. The van der Waals surface area contributed by atoms with Crippen LogP contribution in [0.25, 0.3) is 0 Å². The van der Waals surface area contributed by atoms with Crippen LogP contribution in [-0.2, 0) is 0 Å². The highest BCUT2D eigenvalue weighted by Gasteiger charge is 1.27. The van der Waals surface area contributed by atoms with Crippen molar-refractivity contribution in [1.82, 2.24) is 0 Å². The maximum absolute atomic E-state index is 4.19. The first-order chi connectivity index (χ1) is 1.91. The van der Waals surface area contributed by atoms with Crippen molar-refractivity contribution in [1.29, 1.82) is 0 Å². The summed E-state index contributed by atoms with van der Waals surface area (Å²) in [7, 11) is 0. The second-order valence-corrected chi connectivity index (χ2v) is 0.558. The topological polar surface area (TPSA) is 0 Å². The van der Waals surface area contributed by atoms with Crippen molar-refractivity contribution in [2.24, 2.45) is 0 Å². The Morgan fingerprint density at radius 2 is 2.25 bits per heavy atom. The minimum Gasteiger partial charge on any atom is -0.0504 e. The molecule has 0 aromatic heterocycles. The Bertz CT molecular complexity index is 41.2. The molecule has 0 nitrogen and oxygen atoms in total. The number of allylic oxidation sites excluding steroid dienone is 1. The molecule has 0 N–H and O–H groups in total. The van der Waals surface area contributed by atoms with Gasteiger partial charge in [0.2, 0.25) is 0 Å². The fourth-order valence-corrected chi connectivity index (χ4v) is 0. The maximum Gasteiger partial charge on any atom is -0.0225 e. The summed E-state index contributed by atoms with van der Waals surface area (Å²) in [6.07, 6.45) is 1.44. The number of hydrogen-bond acceptors (Lipinski definition) is 1. The van der Waals surface area contributed by atoms with Gasteiger partial charge in [0.05, 0.1) is 0 Å². The molecule has 0 aromatic carbocycles. The lowest BCUT2D eigenvalue weighted by Crippen LogP contribution is -1.27. The maximum atomic E-state index is 4.19. The molecule has 21 valence electrons. The van der Waals surface area contributed by atoms with Gasteiger partial charge < -0.3 is 0 Å². The van der Waals surface area contributed by atoms with Gasteiger partial charge >= 0.3 is 0 Å². The molecule has 0 saturated heterocycles. The molecule has 0 aliphatic rings. The molecule has 0 aliphatic carbocycles. The molecule has 0 spiro atoms. The Kier molecular flexibility index (Phi) is 2.78. The third kappa shape index (κ3) is 1.87. The van der Waals surface area contributed by atoms with Gasteiger partial charge in [0.1, 0.15) is 0 Å². The molecule has 0 fully saturated rings. The van der Waals surface area contributed by atoms with Crippen LogP contribution in [0.3, 0.4) is 0 Å². The third-order valence-electron chi connectivity index (χ3n) is 0.0833. The van der Waals surface area contributed by atoms with Gasteiger partial charge in [-0.15, -0.1) is 0 Å². The highest BCUT2D eigenvalue weighted by atomic mass is 32.1. The molecule has 4 heavy (non-hydrogen) atoms. The molecule has 0 amide bonds. The molecule has 0 bridgehead atoms. The van der Waals surface area contributed by atoms with Crippen molar-refractivity contribution >= 4 is 17.2 Å². The van der Waals surface area contributed by atoms with Crippen LogP contribution >= 0.6 is 12.2 Å². The summed E-state index contributed by atoms with van der Waals surface area (Å²) in [6, 6.07) is 0. The zero-order chi connectivity index (χ0) is 3.41. The first kappa shape index (κ1) is 3.87. The van der Waals surface area contributed by atoms with E-state index in [0.717, 1.165) is 0 Å². The summed E-state index contributed by atoms with van der Waals surface area (Å²) < 4.78 is 0. The predicted octanol–water partition coefficient (Wildman–Crippen LogP) is 0.975. The van der Waals surface area contributed by atoms with Crippen LogP contribution < -0.4 is 0 Å². The molecule has 0 unspecified atom stereocenters. The first-order valence-electron chi connectivity index (χ1n) is 0.901. The van der Waals surface area contributed by atoms with Crippen molar-refractivity contribution in [3.05, 3.63) is 13.0 Å². The van der Waals surface area contributed by atoms with E-state index in [1.54, 1.807) is 0 Å². The lowest BCUT2D eigenvalue weighted by atomic mass is 10.8. The van der Waals surface area contributed by atoms with Crippen LogP contribution in [-0.4, -0.2) is 5.02 Å². The molecule has 0 aliphatic heterocycles. The van der Waals surface area contributed by atoms with Crippen LogP contribution in [0.15, 0.2) is 6.08 Å². The van der Waals surface area contributed by atoms with Gasteiger partial charge in [0.25, 0.3) is 0 Å². The second kappa shape index (κ2) is 2.87. The second-order valence-electron chi connectivity index (χ2n) is 0.322. The lowest BCUT2D eigenvalue weighted by Gasteiger charge is -1.34. The van der Waals surface area contributed by atoms with Crippen molar-refractivity contribution in [3.8, 4) is 0 Å².